The molecule has 1 heterocycles. The molecule has 3 nitrogen and oxygen atoms in total. The molecule has 2 aromatic rings. The fourth-order valence-corrected chi connectivity index (χ4v) is 1.98. The number of hydrogen-bond acceptors (Lipinski definition) is 3. The Bertz CT molecular complexity index is 406. The normalized spacial score (nSPS) is 10.2. The van der Waals surface area contributed by atoms with Crippen molar-refractivity contribution in [3.8, 4) is 0 Å². The van der Waals surface area contributed by atoms with Gasteiger partial charge < -0.3 is 5.73 Å². The second-order valence-electron chi connectivity index (χ2n) is 4.34. The van der Waals surface area contributed by atoms with Gasteiger partial charge in [0.25, 0.3) is 0 Å². The van der Waals surface area contributed by atoms with E-state index in [1.54, 1.807) is 0 Å². The molecule has 0 atom stereocenters. The molecule has 19 heavy (non-hydrogen) atoms. The lowest BCUT2D eigenvalue weighted by atomic mass is 10.2. The molecule has 2 N–H and O–H groups in total. The Morgan fingerprint density at radius 2 is 1.47 bits per heavy atom. The van der Waals surface area contributed by atoms with Gasteiger partial charge in [-0.05, 0) is 23.3 Å². The van der Waals surface area contributed by atoms with Crippen molar-refractivity contribution in [1.82, 2.24) is 9.88 Å². The zero-order valence-corrected chi connectivity index (χ0v) is 11.7. The van der Waals surface area contributed by atoms with Crippen LogP contribution in [0.2, 0.25) is 0 Å². The van der Waals surface area contributed by atoms with E-state index < -0.39 is 0 Å². The Labute approximate surface area is 120 Å². The van der Waals surface area contributed by atoms with E-state index in [4.69, 9.17) is 5.73 Å². The van der Waals surface area contributed by atoms with Crippen LogP contribution in [0.3, 0.4) is 0 Å². The highest BCUT2D eigenvalue weighted by Gasteiger charge is 2.05. The lowest BCUT2D eigenvalue weighted by molar-refractivity contribution is 0.264. The number of hydrogen-bond donors (Lipinski definition) is 1. The highest BCUT2D eigenvalue weighted by atomic mass is 35.5. The average molecular weight is 278 g/mol. The Balaban J connectivity index is 0.00000180. The molecule has 0 saturated heterocycles. The lowest BCUT2D eigenvalue weighted by Crippen LogP contribution is -2.28. The van der Waals surface area contributed by atoms with Crippen molar-refractivity contribution < 1.29 is 0 Å². The van der Waals surface area contributed by atoms with Crippen molar-refractivity contribution in [2.24, 2.45) is 5.73 Å². The molecule has 0 fully saturated rings. The number of halogens is 1. The van der Waals surface area contributed by atoms with Crippen LogP contribution in [0, 0.1) is 0 Å². The summed E-state index contributed by atoms with van der Waals surface area (Å²) in [7, 11) is 0. The Hall–Kier alpha value is -1.42. The van der Waals surface area contributed by atoms with Gasteiger partial charge >= 0.3 is 0 Å². The highest BCUT2D eigenvalue weighted by molar-refractivity contribution is 5.85. The van der Waals surface area contributed by atoms with Crippen LogP contribution in [0.25, 0.3) is 0 Å². The SMILES string of the molecule is Cl.NCCN(Cc1ccccc1)Cc1ccncc1. The summed E-state index contributed by atoms with van der Waals surface area (Å²) in [4.78, 5) is 6.39. The first-order valence-electron chi connectivity index (χ1n) is 6.24. The van der Waals surface area contributed by atoms with E-state index in [2.05, 4.69) is 46.3 Å². The summed E-state index contributed by atoms with van der Waals surface area (Å²) in [5.74, 6) is 0. The summed E-state index contributed by atoms with van der Waals surface area (Å²) in [5.41, 5.74) is 8.27. The van der Waals surface area contributed by atoms with E-state index in [1.165, 1.54) is 11.1 Å². The molecule has 102 valence electrons. The first-order valence-corrected chi connectivity index (χ1v) is 6.24. The van der Waals surface area contributed by atoms with Crippen molar-refractivity contribution in [2.75, 3.05) is 13.1 Å². The van der Waals surface area contributed by atoms with Gasteiger partial charge in [0.05, 0.1) is 0 Å². The second-order valence-corrected chi connectivity index (χ2v) is 4.34. The maximum atomic E-state index is 5.68. The predicted molar refractivity (Wildman–Crippen MR) is 81.1 cm³/mol. The molecular formula is C15H20ClN3. The molecule has 0 aliphatic heterocycles. The molecule has 4 heteroatoms. The van der Waals surface area contributed by atoms with Gasteiger partial charge in [0.1, 0.15) is 0 Å². The van der Waals surface area contributed by atoms with Gasteiger partial charge in [0.2, 0.25) is 0 Å². The summed E-state index contributed by atoms with van der Waals surface area (Å²) < 4.78 is 0. The van der Waals surface area contributed by atoms with Crippen LogP contribution in [0.4, 0.5) is 0 Å². The van der Waals surface area contributed by atoms with E-state index in [-0.39, 0.29) is 12.4 Å². The molecule has 0 aliphatic carbocycles. The number of aromatic nitrogens is 1. The third-order valence-electron chi connectivity index (χ3n) is 2.85. The molecule has 1 aromatic carbocycles. The fraction of sp³-hybridized carbons (Fsp3) is 0.267. The van der Waals surface area contributed by atoms with Crippen LogP contribution in [-0.4, -0.2) is 23.0 Å². The third kappa shape index (κ3) is 5.39. The molecule has 1 aromatic heterocycles. The van der Waals surface area contributed by atoms with Gasteiger partial charge in [-0.2, -0.15) is 0 Å². The molecule has 0 spiro atoms. The second kappa shape index (κ2) is 8.64. The highest BCUT2D eigenvalue weighted by Crippen LogP contribution is 2.08. The minimum atomic E-state index is 0. The number of nitrogens with zero attached hydrogens (tertiary/aromatic N) is 2. The van der Waals surface area contributed by atoms with Crippen LogP contribution in [0.5, 0.6) is 0 Å². The van der Waals surface area contributed by atoms with Crippen LogP contribution >= 0.6 is 12.4 Å². The Kier molecular flexibility index (Phi) is 7.11. The van der Waals surface area contributed by atoms with E-state index in [9.17, 15) is 0 Å². The van der Waals surface area contributed by atoms with Crippen molar-refractivity contribution in [3.63, 3.8) is 0 Å². The minimum absolute atomic E-state index is 0. The first kappa shape index (κ1) is 15.6. The zero-order chi connectivity index (χ0) is 12.6. The van der Waals surface area contributed by atoms with Crippen molar-refractivity contribution >= 4 is 12.4 Å². The quantitative estimate of drug-likeness (QED) is 0.882. The van der Waals surface area contributed by atoms with Crippen molar-refractivity contribution in [1.29, 1.82) is 0 Å². The molecule has 0 unspecified atom stereocenters. The van der Waals surface area contributed by atoms with Gasteiger partial charge in [-0.1, -0.05) is 30.3 Å². The fourth-order valence-electron chi connectivity index (χ4n) is 1.98. The summed E-state index contributed by atoms with van der Waals surface area (Å²) in [5, 5.41) is 0. The van der Waals surface area contributed by atoms with Gasteiger partial charge in [0.15, 0.2) is 0 Å². The third-order valence-corrected chi connectivity index (χ3v) is 2.85. The number of rotatable bonds is 6. The number of benzene rings is 1. The standard InChI is InChI=1S/C15H19N3.ClH/c16-8-11-18(12-14-4-2-1-3-5-14)13-15-6-9-17-10-7-15;/h1-7,9-10H,8,11-13,16H2;1H. The van der Waals surface area contributed by atoms with Gasteiger partial charge in [-0.3, -0.25) is 9.88 Å². The largest absolute Gasteiger partial charge is 0.329 e. The van der Waals surface area contributed by atoms with Crippen LogP contribution in [0.15, 0.2) is 54.9 Å². The van der Waals surface area contributed by atoms with Crippen molar-refractivity contribution in [2.45, 2.75) is 13.1 Å². The molecule has 0 saturated carbocycles. The van der Waals surface area contributed by atoms with E-state index in [0.29, 0.717) is 6.54 Å². The molecule has 2 rings (SSSR count). The zero-order valence-electron chi connectivity index (χ0n) is 10.9. The lowest BCUT2D eigenvalue weighted by Gasteiger charge is -2.21. The van der Waals surface area contributed by atoms with Crippen LogP contribution in [-0.2, 0) is 13.1 Å². The molecular weight excluding hydrogens is 258 g/mol. The Morgan fingerprint density at radius 3 is 2.05 bits per heavy atom. The van der Waals surface area contributed by atoms with E-state index in [0.717, 1.165) is 19.6 Å². The van der Waals surface area contributed by atoms with Crippen LogP contribution in [0.1, 0.15) is 11.1 Å². The summed E-state index contributed by atoms with van der Waals surface area (Å²) in [6.45, 7) is 3.42. The molecule has 0 radical (unpaired) electrons. The van der Waals surface area contributed by atoms with E-state index in [1.807, 2.05) is 18.5 Å². The average Bonchev–Trinajstić information content (AvgIpc) is 2.41. The first-order chi connectivity index (χ1) is 8.88. The number of nitrogens with two attached hydrogens (primary N) is 1. The summed E-state index contributed by atoms with van der Waals surface area (Å²) in [6.07, 6.45) is 3.66. The smallest absolute Gasteiger partial charge is 0.0271 e. The molecule has 0 amide bonds. The van der Waals surface area contributed by atoms with Crippen LogP contribution < -0.4 is 5.73 Å². The van der Waals surface area contributed by atoms with Crippen molar-refractivity contribution in [3.05, 3.63) is 66.0 Å². The maximum Gasteiger partial charge on any atom is 0.0271 e. The van der Waals surface area contributed by atoms with Gasteiger partial charge in [-0.15, -0.1) is 12.4 Å². The topological polar surface area (TPSA) is 42.1 Å². The minimum Gasteiger partial charge on any atom is -0.329 e. The summed E-state index contributed by atoms with van der Waals surface area (Å²) >= 11 is 0. The van der Waals surface area contributed by atoms with Gasteiger partial charge in [-0.25, -0.2) is 0 Å². The van der Waals surface area contributed by atoms with E-state index >= 15 is 0 Å². The predicted octanol–water partition coefficient (Wildman–Crippen LogP) is 2.46. The molecule has 0 aliphatic rings. The molecule has 0 bridgehead atoms. The summed E-state index contributed by atoms with van der Waals surface area (Å²) in [6, 6.07) is 14.6. The monoisotopic (exact) mass is 277 g/mol. The maximum absolute atomic E-state index is 5.68. The number of pyridine rings is 1. The van der Waals surface area contributed by atoms with Gasteiger partial charge in [0, 0.05) is 38.6 Å². The Morgan fingerprint density at radius 1 is 0.895 bits per heavy atom.